The predicted molar refractivity (Wildman–Crippen MR) is 215 cm³/mol. The molecule has 3 heterocycles. The second kappa shape index (κ2) is 11.4. The highest BCUT2D eigenvalue weighted by atomic mass is 32.1. The fourth-order valence-electron chi connectivity index (χ4n) is 7.41. The highest BCUT2D eigenvalue weighted by molar-refractivity contribution is 7.25. The molecule has 0 spiro atoms. The van der Waals surface area contributed by atoms with Gasteiger partial charge in [0.25, 0.3) is 0 Å². The average Bonchev–Trinajstić information content (AvgIpc) is 3.83. The van der Waals surface area contributed by atoms with Gasteiger partial charge in [-0.05, 0) is 70.1 Å². The minimum atomic E-state index is 0.619. The zero-order chi connectivity index (χ0) is 34.2. The number of hydrogen-bond donors (Lipinski definition) is 0. The third kappa shape index (κ3) is 4.62. The van der Waals surface area contributed by atoms with Gasteiger partial charge in [0.15, 0.2) is 23.1 Å². The van der Waals surface area contributed by atoms with E-state index >= 15 is 0 Å². The van der Waals surface area contributed by atoms with Gasteiger partial charge in [-0.2, -0.15) is 0 Å². The molecular weight excluding hydrogens is 657 g/mol. The largest absolute Gasteiger partial charge is 0.435 e. The van der Waals surface area contributed by atoms with Gasteiger partial charge in [-0.3, -0.25) is 0 Å². The summed E-state index contributed by atoms with van der Waals surface area (Å²) in [6.07, 6.45) is 0. The maximum absolute atomic E-state index is 6.54. The Balaban J connectivity index is 1.10. The summed E-state index contributed by atoms with van der Waals surface area (Å²) in [6, 6.07) is 54.7. The second-order valence-corrected chi connectivity index (χ2v) is 14.1. The monoisotopic (exact) mass is 682 g/mol. The SMILES string of the molecule is c1ccc(-c2nc(-c3ccc4c(ccc5ccc6ccc7nc(-c8ccccc8)oc7c6c54)c3)nc(-c3ccc4sc5ccccc5c4c3)n2)cc1. The highest BCUT2D eigenvalue weighted by Gasteiger charge is 2.17. The molecule has 8 aromatic carbocycles. The molecule has 0 N–H and O–H groups in total. The summed E-state index contributed by atoms with van der Waals surface area (Å²) >= 11 is 1.81. The summed E-state index contributed by atoms with van der Waals surface area (Å²) in [5, 5.41) is 9.13. The minimum absolute atomic E-state index is 0.619. The smallest absolute Gasteiger partial charge is 0.227 e. The molecule has 11 aromatic rings. The van der Waals surface area contributed by atoms with Crippen molar-refractivity contribution in [3.8, 4) is 45.6 Å². The van der Waals surface area contributed by atoms with Crippen molar-refractivity contribution in [1.29, 1.82) is 0 Å². The summed E-state index contributed by atoms with van der Waals surface area (Å²) in [6.45, 7) is 0. The van der Waals surface area contributed by atoms with E-state index in [1.165, 1.54) is 20.2 Å². The first kappa shape index (κ1) is 29.0. The van der Waals surface area contributed by atoms with Crippen molar-refractivity contribution in [2.24, 2.45) is 0 Å². The van der Waals surface area contributed by atoms with Crippen LogP contribution in [0.15, 0.2) is 162 Å². The molecule has 0 aliphatic heterocycles. The van der Waals surface area contributed by atoms with E-state index in [-0.39, 0.29) is 0 Å². The van der Waals surface area contributed by atoms with Gasteiger partial charge in [0.1, 0.15) is 5.52 Å². The van der Waals surface area contributed by atoms with Crippen LogP contribution < -0.4 is 0 Å². The number of hydrogen-bond acceptors (Lipinski definition) is 6. The van der Waals surface area contributed by atoms with Gasteiger partial charge in [-0.15, -0.1) is 11.3 Å². The molecule has 242 valence electrons. The Hall–Kier alpha value is -6.76. The molecular formula is C46H26N4OS. The molecule has 6 heteroatoms. The molecule has 0 radical (unpaired) electrons. The van der Waals surface area contributed by atoms with E-state index in [1.807, 2.05) is 66.7 Å². The Bertz CT molecular complexity index is 3190. The molecule has 0 saturated heterocycles. The van der Waals surface area contributed by atoms with Crippen LogP contribution in [-0.4, -0.2) is 19.9 Å². The van der Waals surface area contributed by atoms with E-state index in [9.17, 15) is 0 Å². The number of nitrogens with zero attached hydrogens (tertiary/aromatic N) is 4. The van der Waals surface area contributed by atoms with Crippen LogP contribution in [0.2, 0.25) is 0 Å². The van der Waals surface area contributed by atoms with E-state index in [1.54, 1.807) is 11.3 Å². The van der Waals surface area contributed by atoms with Crippen LogP contribution in [-0.2, 0) is 0 Å². The van der Waals surface area contributed by atoms with E-state index in [0.717, 1.165) is 65.7 Å². The van der Waals surface area contributed by atoms with E-state index in [4.69, 9.17) is 24.4 Å². The Kier molecular flexibility index (Phi) is 6.35. The van der Waals surface area contributed by atoms with Gasteiger partial charge in [0.05, 0.1) is 0 Å². The minimum Gasteiger partial charge on any atom is -0.435 e. The third-order valence-electron chi connectivity index (χ3n) is 9.92. The number of thiophene rings is 1. The molecule has 0 fully saturated rings. The molecule has 0 atom stereocenters. The first-order valence-corrected chi connectivity index (χ1v) is 18.0. The molecule has 0 aliphatic carbocycles. The van der Waals surface area contributed by atoms with E-state index < -0.39 is 0 Å². The van der Waals surface area contributed by atoms with Crippen molar-refractivity contribution >= 4 is 74.9 Å². The van der Waals surface area contributed by atoms with Crippen molar-refractivity contribution in [3.05, 3.63) is 158 Å². The summed E-state index contributed by atoms with van der Waals surface area (Å²) < 4.78 is 9.05. The normalized spacial score (nSPS) is 11.8. The Morgan fingerprint density at radius 2 is 0.981 bits per heavy atom. The molecule has 0 bridgehead atoms. The van der Waals surface area contributed by atoms with Crippen LogP contribution in [0, 0.1) is 0 Å². The van der Waals surface area contributed by atoms with Gasteiger partial charge in [-0.25, -0.2) is 19.9 Å². The summed E-state index contributed by atoms with van der Waals surface area (Å²) in [4.78, 5) is 20.1. The number of oxazole rings is 1. The molecule has 0 unspecified atom stereocenters. The molecule has 0 saturated carbocycles. The van der Waals surface area contributed by atoms with Crippen LogP contribution in [0.25, 0.3) is 109 Å². The average molecular weight is 683 g/mol. The number of rotatable bonds is 4. The summed E-state index contributed by atoms with van der Waals surface area (Å²) in [7, 11) is 0. The zero-order valence-electron chi connectivity index (χ0n) is 27.6. The number of fused-ring (bicyclic) bond motifs is 10. The maximum Gasteiger partial charge on any atom is 0.227 e. The van der Waals surface area contributed by atoms with Crippen molar-refractivity contribution in [1.82, 2.24) is 19.9 Å². The first-order chi connectivity index (χ1) is 25.7. The lowest BCUT2D eigenvalue weighted by Crippen LogP contribution is -2.00. The van der Waals surface area contributed by atoms with Crippen LogP contribution >= 0.6 is 11.3 Å². The van der Waals surface area contributed by atoms with E-state index in [2.05, 4.69) is 91.0 Å². The van der Waals surface area contributed by atoms with Crippen LogP contribution in [0.4, 0.5) is 0 Å². The molecule has 0 aliphatic rings. The van der Waals surface area contributed by atoms with Crippen molar-refractivity contribution in [2.45, 2.75) is 0 Å². The van der Waals surface area contributed by atoms with Crippen LogP contribution in [0.5, 0.6) is 0 Å². The summed E-state index contributed by atoms with van der Waals surface area (Å²) in [5.74, 6) is 2.54. The van der Waals surface area contributed by atoms with Crippen molar-refractivity contribution in [3.63, 3.8) is 0 Å². The first-order valence-electron chi connectivity index (χ1n) is 17.2. The maximum atomic E-state index is 6.54. The van der Waals surface area contributed by atoms with E-state index in [0.29, 0.717) is 23.4 Å². The zero-order valence-corrected chi connectivity index (χ0v) is 28.4. The van der Waals surface area contributed by atoms with Gasteiger partial charge < -0.3 is 4.42 Å². The molecule has 11 rings (SSSR count). The highest BCUT2D eigenvalue weighted by Crippen LogP contribution is 2.40. The lowest BCUT2D eigenvalue weighted by molar-refractivity contribution is 0.623. The van der Waals surface area contributed by atoms with Crippen molar-refractivity contribution in [2.75, 3.05) is 0 Å². The lowest BCUT2D eigenvalue weighted by Gasteiger charge is -2.11. The van der Waals surface area contributed by atoms with Gasteiger partial charge in [0, 0.05) is 53.2 Å². The molecule has 3 aromatic heterocycles. The van der Waals surface area contributed by atoms with Crippen LogP contribution in [0.3, 0.4) is 0 Å². The third-order valence-corrected chi connectivity index (χ3v) is 11.1. The fraction of sp³-hybridized carbons (Fsp3) is 0. The van der Waals surface area contributed by atoms with Gasteiger partial charge >= 0.3 is 0 Å². The number of aromatic nitrogens is 4. The molecule has 5 nitrogen and oxygen atoms in total. The quantitative estimate of drug-likeness (QED) is 0.173. The van der Waals surface area contributed by atoms with Crippen LogP contribution in [0.1, 0.15) is 0 Å². The summed E-state index contributed by atoms with van der Waals surface area (Å²) in [5.41, 5.74) is 5.42. The topological polar surface area (TPSA) is 64.7 Å². The Morgan fingerprint density at radius 1 is 0.385 bits per heavy atom. The van der Waals surface area contributed by atoms with Crippen molar-refractivity contribution < 1.29 is 4.42 Å². The number of benzene rings is 8. The van der Waals surface area contributed by atoms with Gasteiger partial charge in [0.2, 0.25) is 5.89 Å². The lowest BCUT2D eigenvalue weighted by atomic mass is 9.95. The molecule has 52 heavy (non-hydrogen) atoms. The standard InChI is InChI=1S/C46H26N4OS/c1-3-9-29(10-4-1)43-48-44(50-45(49-43)33-21-24-39-36(26-33)35-13-7-8-14-38(35)52-39)32-19-22-34-31(25-32)18-17-27-15-16-28-20-23-37-42(41(28)40(27)34)51-46(47-37)30-11-5-2-6-12-30/h1-26H. The van der Waals surface area contributed by atoms with Gasteiger partial charge in [-0.1, -0.05) is 109 Å². The molecule has 0 amide bonds. The Morgan fingerprint density at radius 3 is 1.77 bits per heavy atom. The predicted octanol–water partition coefficient (Wildman–Crippen LogP) is 12.5. The second-order valence-electron chi connectivity index (χ2n) is 13.0. The fourth-order valence-corrected chi connectivity index (χ4v) is 8.49. The Labute approximate surface area is 301 Å².